The number of amides is 2. The summed E-state index contributed by atoms with van der Waals surface area (Å²) in [7, 11) is 0. The molecule has 2 aliphatic heterocycles. The Hall–Kier alpha value is -2.26. The number of benzene rings is 1. The Morgan fingerprint density at radius 3 is 2.59 bits per heavy atom. The van der Waals surface area contributed by atoms with Gasteiger partial charge < -0.3 is 21.1 Å². The van der Waals surface area contributed by atoms with Crippen LogP contribution in [0.5, 0.6) is 0 Å². The summed E-state index contributed by atoms with van der Waals surface area (Å²) in [5, 5.41) is 19.1. The molecule has 0 bridgehead atoms. The third kappa shape index (κ3) is 5.53. The molecule has 1 aromatic rings. The molecule has 10 heteroatoms. The summed E-state index contributed by atoms with van der Waals surface area (Å²) in [6, 6.07) is 1.35. The molecule has 39 heavy (non-hydrogen) atoms. The lowest BCUT2D eigenvalue weighted by molar-refractivity contribution is -0.127. The van der Waals surface area contributed by atoms with Gasteiger partial charge in [0.05, 0.1) is 22.4 Å². The van der Waals surface area contributed by atoms with Gasteiger partial charge in [0, 0.05) is 23.0 Å². The molecule has 0 aromatic heterocycles. The highest BCUT2D eigenvalue weighted by Gasteiger charge is 2.66. The van der Waals surface area contributed by atoms with Crippen molar-refractivity contribution in [1.82, 2.24) is 10.6 Å². The number of alkyl halides is 1. The lowest BCUT2D eigenvalue weighted by Crippen LogP contribution is -2.57. The third-order valence-corrected chi connectivity index (χ3v) is 8.36. The summed E-state index contributed by atoms with van der Waals surface area (Å²) in [6.45, 7) is 11.2. The minimum absolute atomic E-state index is 0.00791. The van der Waals surface area contributed by atoms with Crippen LogP contribution in [0.1, 0.15) is 52.5 Å². The smallest absolute Gasteiger partial charge is 0.238 e. The van der Waals surface area contributed by atoms with Crippen LogP contribution in [0.4, 0.5) is 14.5 Å². The second-order valence-corrected chi connectivity index (χ2v) is 13.2. The molecule has 1 saturated heterocycles. The van der Waals surface area contributed by atoms with E-state index >= 15 is 4.39 Å². The summed E-state index contributed by atoms with van der Waals surface area (Å²) in [4.78, 5) is 27.8. The number of hydrogen-bond donors (Lipinski definition) is 4. The molecule has 1 spiro atoms. The maximum Gasteiger partial charge on any atom is 0.238 e. The van der Waals surface area contributed by atoms with E-state index in [2.05, 4.69) is 22.5 Å². The fourth-order valence-electron chi connectivity index (χ4n) is 6.32. The summed E-state index contributed by atoms with van der Waals surface area (Å²) in [5.74, 6) is -2.38. The van der Waals surface area contributed by atoms with Crippen LogP contribution >= 0.6 is 23.2 Å². The molecular weight excluding hydrogens is 547 g/mol. The molecule has 1 aromatic carbocycles. The second-order valence-electron chi connectivity index (χ2n) is 12.3. The van der Waals surface area contributed by atoms with Gasteiger partial charge in [-0.2, -0.15) is 0 Å². The Labute approximate surface area is 237 Å². The Morgan fingerprint density at radius 1 is 1.33 bits per heavy atom. The molecule has 212 valence electrons. The number of nitrogens with one attached hydrogen (secondary N) is 3. The van der Waals surface area contributed by atoms with Gasteiger partial charge in [-0.15, -0.1) is 0 Å². The topological polar surface area (TPSA) is 90.5 Å². The highest BCUT2D eigenvalue weighted by molar-refractivity contribution is 6.31. The van der Waals surface area contributed by atoms with Crippen LogP contribution in [0.2, 0.25) is 5.02 Å². The Morgan fingerprint density at radius 2 is 2.00 bits per heavy atom. The fraction of sp³-hybridized carbons (Fsp3) is 0.517. The predicted molar refractivity (Wildman–Crippen MR) is 150 cm³/mol. The average molecular weight is 583 g/mol. The monoisotopic (exact) mass is 581 g/mol. The molecule has 2 fully saturated rings. The molecular formula is C29H35Cl2F2N3O3. The molecule has 1 aliphatic carbocycles. The molecule has 4 rings (SSSR count). The van der Waals surface area contributed by atoms with E-state index in [-0.39, 0.29) is 33.1 Å². The van der Waals surface area contributed by atoms with Gasteiger partial charge >= 0.3 is 0 Å². The molecule has 2 heterocycles. The quantitative estimate of drug-likeness (QED) is 0.329. The standard InChI is InChI=1S/C29H35Cl2F2N3O3/c1-15(7-6-8-16(30)14-32)21-24(25(37)34-17-11-28(5,39)12-17)35-20(13-27(2,3)4)29(21)18-9-10-19(31)22(33)23(18)36-26(29)38/h6-10,17,20-21,24,35,39H,1,11-14H2,2-5H3,(H,34,37)(H,36,38)/b7-6-,16-8+/t17-,20-,21-,24+,28+,29+/m0/s1. The predicted octanol–water partition coefficient (Wildman–Crippen LogP) is 5.30. The van der Waals surface area contributed by atoms with E-state index in [9.17, 15) is 19.1 Å². The molecule has 6 nitrogen and oxygen atoms in total. The van der Waals surface area contributed by atoms with E-state index in [1.165, 1.54) is 18.2 Å². The van der Waals surface area contributed by atoms with Crippen molar-refractivity contribution in [2.24, 2.45) is 11.3 Å². The molecule has 0 unspecified atom stereocenters. The van der Waals surface area contributed by atoms with Crippen LogP contribution in [0.3, 0.4) is 0 Å². The van der Waals surface area contributed by atoms with Crippen molar-refractivity contribution in [3.05, 3.63) is 63.9 Å². The average Bonchev–Trinajstić information content (AvgIpc) is 3.30. The minimum atomic E-state index is -1.39. The summed E-state index contributed by atoms with van der Waals surface area (Å²) >= 11 is 11.9. The van der Waals surface area contributed by atoms with Crippen molar-refractivity contribution in [2.45, 2.75) is 76.1 Å². The van der Waals surface area contributed by atoms with E-state index in [0.717, 1.165) is 0 Å². The normalized spacial score (nSPS) is 32.3. The van der Waals surface area contributed by atoms with Gasteiger partial charge in [0.25, 0.3) is 0 Å². The zero-order valence-corrected chi connectivity index (χ0v) is 24.0. The lowest BCUT2D eigenvalue weighted by Gasteiger charge is -2.42. The summed E-state index contributed by atoms with van der Waals surface area (Å²) in [5.41, 5.74) is -1.70. The second kappa shape index (κ2) is 10.6. The van der Waals surface area contributed by atoms with Crippen molar-refractivity contribution in [2.75, 3.05) is 12.0 Å². The first-order chi connectivity index (χ1) is 18.1. The van der Waals surface area contributed by atoms with Crippen LogP contribution in [-0.4, -0.2) is 47.3 Å². The van der Waals surface area contributed by atoms with Gasteiger partial charge in [-0.25, -0.2) is 8.78 Å². The number of allylic oxidation sites excluding steroid dienone is 4. The van der Waals surface area contributed by atoms with Crippen LogP contribution in [0, 0.1) is 17.2 Å². The SMILES string of the molecule is C=C(/C=C\C=C(\Cl)CF)[C@H]1[C@H](C(=O)N[C@H]2C[C@@](C)(O)C2)N[C@@H](CC(C)(C)C)[C@@]12C(=O)Nc1c2ccc(Cl)c1F. The molecule has 1 saturated carbocycles. The Balaban J connectivity index is 1.85. The van der Waals surface area contributed by atoms with Crippen molar-refractivity contribution in [3.8, 4) is 0 Å². The van der Waals surface area contributed by atoms with Gasteiger partial charge in [-0.1, -0.05) is 68.8 Å². The van der Waals surface area contributed by atoms with E-state index < -0.39 is 47.4 Å². The van der Waals surface area contributed by atoms with Crippen molar-refractivity contribution in [3.63, 3.8) is 0 Å². The van der Waals surface area contributed by atoms with Crippen molar-refractivity contribution < 1.29 is 23.5 Å². The van der Waals surface area contributed by atoms with Gasteiger partial charge in [-0.3, -0.25) is 9.59 Å². The summed E-state index contributed by atoms with van der Waals surface area (Å²) < 4.78 is 28.1. The van der Waals surface area contributed by atoms with Crippen LogP contribution in [0.25, 0.3) is 0 Å². The highest BCUT2D eigenvalue weighted by Crippen LogP contribution is 2.55. The number of hydrogen-bond acceptors (Lipinski definition) is 4. The molecule has 2 amide bonds. The minimum Gasteiger partial charge on any atom is -0.390 e. The number of fused-ring (bicyclic) bond motifs is 2. The van der Waals surface area contributed by atoms with Gasteiger partial charge in [-0.05, 0) is 54.9 Å². The zero-order chi connectivity index (χ0) is 28.9. The third-order valence-electron chi connectivity index (χ3n) is 7.84. The zero-order valence-electron chi connectivity index (χ0n) is 22.5. The van der Waals surface area contributed by atoms with Gasteiger partial charge in [0.15, 0.2) is 5.82 Å². The van der Waals surface area contributed by atoms with E-state index in [0.29, 0.717) is 30.4 Å². The number of anilines is 1. The Bertz CT molecular complexity index is 1250. The largest absolute Gasteiger partial charge is 0.390 e. The molecule has 4 N–H and O–H groups in total. The molecule has 4 atom stereocenters. The van der Waals surface area contributed by atoms with Crippen molar-refractivity contribution >= 4 is 40.7 Å². The van der Waals surface area contributed by atoms with E-state index in [1.807, 2.05) is 20.8 Å². The molecule has 3 aliphatic rings. The van der Waals surface area contributed by atoms with E-state index in [4.69, 9.17) is 23.2 Å². The number of carbonyl (C=O) groups excluding carboxylic acids is 2. The van der Waals surface area contributed by atoms with Crippen molar-refractivity contribution in [1.29, 1.82) is 0 Å². The Kier molecular flexibility index (Phi) is 8.09. The number of rotatable bonds is 7. The number of aliphatic hydroxyl groups is 1. The fourth-order valence-corrected chi connectivity index (χ4v) is 6.55. The summed E-state index contributed by atoms with van der Waals surface area (Å²) in [6.07, 6.45) is 5.79. The number of halogens is 4. The maximum absolute atomic E-state index is 15.2. The van der Waals surface area contributed by atoms with Crippen LogP contribution < -0.4 is 16.0 Å². The van der Waals surface area contributed by atoms with Crippen LogP contribution in [0.15, 0.2) is 47.5 Å². The van der Waals surface area contributed by atoms with Gasteiger partial charge in [0.1, 0.15) is 12.1 Å². The van der Waals surface area contributed by atoms with Gasteiger partial charge in [0.2, 0.25) is 11.8 Å². The first kappa shape index (κ1) is 29.7. The highest BCUT2D eigenvalue weighted by atomic mass is 35.5. The van der Waals surface area contributed by atoms with Crippen LogP contribution in [-0.2, 0) is 15.0 Å². The molecule has 0 radical (unpaired) electrons. The number of carbonyl (C=O) groups is 2. The first-order valence-corrected chi connectivity index (χ1v) is 13.7. The maximum atomic E-state index is 15.2. The first-order valence-electron chi connectivity index (χ1n) is 13.0. The lowest BCUT2D eigenvalue weighted by atomic mass is 9.62. The van der Waals surface area contributed by atoms with E-state index in [1.54, 1.807) is 19.1 Å².